The zero-order valence-electron chi connectivity index (χ0n) is 16.7. The molecule has 4 heteroatoms. The van der Waals surface area contributed by atoms with E-state index in [2.05, 4.69) is 47.1 Å². The average Bonchev–Trinajstić information content (AvgIpc) is 3.02. The van der Waals surface area contributed by atoms with E-state index in [9.17, 15) is 9.59 Å². The van der Waals surface area contributed by atoms with E-state index in [1.54, 1.807) is 0 Å². The molecular weight excluding hydrogens is 438 g/mol. The van der Waals surface area contributed by atoms with Crippen molar-refractivity contribution in [1.82, 2.24) is 0 Å². The second-order valence-electron chi connectivity index (χ2n) is 8.80. The molecule has 3 aliphatic carbocycles. The van der Waals surface area contributed by atoms with Crippen molar-refractivity contribution >= 4 is 33.4 Å². The van der Waals surface area contributed by atoms with Gasteiger partial charge in [0.1, 0.15) is 0 Å². The van der Waals surface area contributed by atoms with E-state index in [-0.39, 0.29) is 29.6 Å². The van der Waals surface area contributed by atoms with Crippen LogP contribution in [-0.2, 0) is 15.0 Å². The lowest BCUT2D eigenvalue weighted by Crippen LogP contribution is -2.51. The molecule has 3 aromatic carbocycles. The van der Waals surface area contributed by atoms with E-state index >= 15 is 0 Å². The zero-order valence-corrected chi connectivity index (χ0v) is 18.3. The Labute approximate surface area is 183 Å². The van der Waals surface area contributed by atoms with E-state index in [0.717, 1.165) is 10.0 Å². The van der Waals surface area contributed by atoms with Gasteiger partial charge < -0.3 is 0 Å². The van der Waals surface area contributed by atoms with Crippen LogP contribution in [0.2, 0.25) is 0 Å². The molecule has 2 amide bonds. The van der Waals surface area contributed by atoms with Crippen LogP contribution in [0.25, 0.3) is 0 Å². The first kappa shape index (κ1) is 18.1. The number of amides is 2. The number of hydrogen-bond donors (Lipinski definition) is 0. The number of rotatable bonds is 1. The van der Waals surface area contributed by atoms with Crippen LogP contribution in [0, 0.1) is 18.8 Å². The van der Waals surface area contributed by atoms with Gasteiger partial charge in [0.15, 0.2) is 0 Å². The van der Waals surface area contributed by atoms with Crippen molar-refractivity contribution < 1.29 is 9.59 Å². The van der Waals surface area contributed by atoms with Gasteiger partial charge in [0.05, 0.1) is 17.5 Å². The highest BCUT2D eigenvalue weighted by molar-refractivity contribution is 9.10. The third-order valence-electron chi connectivity index (χ3n) is 7.46. The first-order valence-corrected chi connectivity index (χ1v) is 11.1. The van der Waals surface area contributed by atoms with Gasteiger partial charge in [-0.2, -0.15) is 0 Å². The Morgan fingerprint density at radius 3 is 2.07 bits per heavy atom. The van der Waals surface area contributed by atoms with Gasteiger partial charge in [-0.1, -0.05) is 77.5 Å². The third kappa shape index (κ3) is 2.00. The number of carbonyl (C=O) groups excluding carboxylic acids is 2. The lowest BCUT2D eigenvalue weighted by molar-refractivity contribution is -0.123. The maximum absolute atomic E-state index is 13.9. The highest BCUT2D eigenvalue weighted by Gasteiger charge is 2.66. The highest BCUT2D eigenvalue weighted by atomic mass is 79.9. The minimum Gasteiger partial charge on any atom is -0.274 e. The molecule has 4 aliphatic rings. The van der Waals surface area contributed by atoms with E-state index in [1.165, 1.54) is 27.2 Å². The first-order chi connectivity index (χ1) is 14.4. The van der Waals surface area contributed by atoms with Gasteiger partial charge in [0, 0.05) is 15.8 Å². The summed E-state index contributed by atoms with van der Waals surface area (Å²) in [4.78, 5) is 29.1. The predicted molar refractivity (Wildman–Crippen MR) is 120 cm³/mol. The number of anilines is 1. The van der Waals surface area contributed by atoms with Crippen LogP contribution in [0.5, 0.6) is 0 Å². The molecular formula is C26H20BrNO2. The lowest BCUT2D eigenvalue weighted by atomic mass is 9.48. The minimum absolute atomic E-state index is 0.0824. The monoisotopic (exact) mass is 457 g/mol. The smallest absolute Gasteiger partial charge is 0.238 e. The van der Waals surface area contributed by atoms with Gasteiger partial charge in [-0.15, -0.1) is 0 Å². The van der Waals surface area contributed by atoms with Crippen molar-refractivity contribution in [3.05, 3.63) is 99.0 Å². The van der Waals surface area contributed by atoms with Gasteiger partial charge >= 0.3 is 0 Å². The summed E-state index contributed by atoms with van der Waals surface area (Å²) < 4.78 is 0.899. The van der Waals surface area contributed by atoms with Gasteiger partial charge in [0.25, 0.3) is 0 Å². The molecule has 0 saturated carbocycles. The molecule has 1 heterocycles. The fraction of sp³-hybridized carbons (Fsp3) is 0.231. The molecule has 2 atom stereocenters. The van der Waals surface area contributed by atoms with Crippen molar-refractivity contribution in [2.45, 2.75) is 25.2 Å². The molecule has 30 heavy (non-hydrogen) atoms. The number of aryl methyl sites for hydroxylation is 1. The molecule has 1 fully saturated rings. The van der Waals surface area contributed by atoms with Crippen molar-refractivity contribution in [2.24, 2.45) is 11.8 Å². The molecule has 1 aliphatic heterocycles. The van der Waals surface area contributed by atoms with Crippen LogP contribution < -0.4 is 4.90 Å². The maximum atomic E-state index is 13.9. The number of nitrogens with zero attached hydrogens (tertiary/aromatic N) is 1. The van der Waals surface area contributed by atoms with Crippen molar-refractivity contribution in [3.63, 3.8) is 0 Å². The molecule has 0 spiro atoms. The van der Waals surface area contributed by atoms with Crippen LogP contribution in [-0.4, -0.2) is 11.8 Å². The quantitative estimate of drug-likeness (QED) is 0.463. The Morgan fingerprint density at radius 2 is 1.47 bits per heavy atom. The molecule has 3 aromatic rings. The van der Waals surface area contributed by atoms with Crippen LogP contribution in [0.3, 0.4) is 0 Å². The highest BCUT2D eigenvalue weighted by Crippen LogP contribution is 2.64. The summed E-state index contributed by atoms with van der Waals surface area (Å²) >= 11 is 3.55. The molecule has 0 aromatic heterocycles. The average molecular weight is 458 g/mol. The van der Waals surface area contributed by atoms with Crippen molar-refractivity contribution in [3.8, 4) is 0 Å². The van der Waals surface area contributed by atoms with Crippen LogP contribution in [0.1, 0.15) is 40.7 Å². The molecule has 7 rings (SSSR count). The third-order valence-corrected chi connectivity index (χ3v) is 8.31. The summed E-state index contributed by atoms with van der Waals surface area (Å²) in [6.07, 6.45) is 0. The Balaban J connectivity index is 1.60. The summed E-state index contributed by atoms with van der Waals surface area (Å²) in [5.41, 5.74) is 5.94. The fourth-order valence-corrected chi connectivity index (χ4v) is 6.49. The summed E-state index contributed by atoms with van der Waals surface area (Å²) in [6, 6.07) is 22.4. The molecule has 148 valence electrons. The van der Waals surface area contributed by atoms with Gasteiger partial charge in [0.2, 0.25) is 11.8 Å². The van der Waals surface area contributed by atoms with Crippen LogP contribution >= 0.6 is 15.9 Å². The Kier molecular flexibility index (Phi) is 3.57. The number of carbonyl (C=O) groups is 2. The second kappa shape index (κ2) is 5.92. The standard InChI is InChI=1S/C26H20BrNO2/c1-14-11-12-15(13-20(14)27)28-24(29)22-21-16-7-3-5-9-18(16)26(2,23(22)25(28)30)19-10-6-4-8-17(19)21/h3-13,21-23H,1-2H3. The topological polar surface area (TPSA) is 37.4 Å². The van der Waals surface area contributed by atoms with Gasteiger partial charge in [-0.25, -0.2) is 4.90 Å². The van der Waals surface area contributed by atoms with Crippen molar-refractivity contribution in [1.29, 1.82) is 0 Å². The summed E-state index contributed by atoms with van der Waals surface area (Å²) in [6.45, 7) is 4.15. The molecule has 3 nitrogen and oxygen atoms in total. The number of imide groups is 1. The van der Waals surface area contributed by atoms with Crippen LogP contribution in [0.4, 0.5) is 5.69 Å². The summed E-state index contributed by atoms with van der Waals surface area (Å²) in [7, 11) is 0. The molecule has 2 unspecified atom stereocenters. The van der Waals surface area contributed by atoms with E-state index in [4.69, 9.17) is 0 Å². The van der Waals surface area contributed by atoms with Crippen molar-refractivity contribution in [2.75, 3.05) is 4.90 Å². The first-order valence-electron chi connectivity index (χ1n) is 10.3. The zero-order chi connectivity index (χ0) is 20.8. The Morgan fingerprint density at radius 1 is 0.867 bits per heavy atom. The lowest BCUT2D eigenvalue weighted by Gasteiger charge is -2.52. The number of hydrogen-bond acceptors (Lipinski definition) is 2. The van der Waals surface area contributed by atoms with Gasteiger partial charge in [-0.3, -0.25) is 9.59 Å². The second-order valence-corrected chi connectivity index (χ2v) is 9.66. The Bertz CT molecular complexity index is 1220. The SMILES string of the molecule is Cc1ccc(N2C(=O)C3C4c5ccccc5C(C)(c5ccccc54)C3C2=O)cc1Br. The molecule has 0 N–H and O–H groups in total. The van der Waals surface area contributed by atoms with E-state index < -0.39 is 5.41 Å². The van der Waals surface area contributed by atoms with Crippen LogP contribution in [0.15, 0.2) is 71.2 Å². The fourth-order valence-electron chi connectivity index (χ4n) is 6.13. The minimum atomic E-state index is -0.518. The van der Waals surface area contributed by atoms with E-state index in [1.807, 2.05) is 49.4 Å². The van der Waals surface area contributed by atoms with E-state index in [0.29, 0.717) is 5.69 Å². The van der Waals surface area contributed by atoms with Gasteiger partial charge in [-0.05, 0) is 46.9 Å². The predicted octanol–water partition coefficient (Wildman–Crippen LogP) is 5.33. The molecule has 1 saturated heterocycles. The number of benzene rings is 3. The molecule has 2 bridgehead atoms. The largest absolute Gasteiger partial charge is 0.274 e. The number of halogens is 1. The molecule has 0 radical (unpaired) electrons. The summed E-state index contributed by atoms with van der Waals surface area (Å²) in [5.74, 6) is -1.01. The normalized spacial score (nSPS) is 28.4. The summed E-state index contributed by atoms with van der Waals surface area (Å²) in [5, 5.41) is 0. The Hall–Kier alpha value is -2.72. The maximum Gasteiger partial charge on any atom is 0.238 e.